The zero-order chi connectivity index (χ0) is 24.3. The molecule has 0 saturated heterocycles. The van der Waals surface area contributed by atoms with Crippen LogP contribution in [0.25, 0.3) is 22.5 Å². The van der Waals surface area contributed by atoms with E-state index in [0.29, 0.717) is 28.5 Å². The van der Waals surface area contributed by atoms with Gasteiger partial charge in [-0.3, -0.25) is 4.79 Å². The highest BCUT2D eigenvalue weighted by molar-refractivity contribution is 7.91. The molecule has 0 aliphatic rings. The summed E-state index contributed by atoms with van der Waals surface area (Å²) in [6.07, 6.45) is 0. The highest BCUT2D eigenvalue weighted by Gasteiger charge is 2.27. The molecule has 1 heterocycles. The molecule has 0 aliphatic carbocycles. The van der Waals surface area contributed by atoms with E-state index < -0.39 is 9.84 Å². The van der Waals surface area contributed by atoms with Gasteiger partial charge in [-0.05, 0) is 60.7 Å². The fraction of sp³-hybridized carbons (Fsp3) is 0.120. The third-order valence-corrected chi connectivity index (χ3v) is 6.80. The smallest absolute Gasteiger partial charge is 0.241 e. The molecule has 1 aromatic heterocycles. The van der Waals surface area contributed by atoms with Gasteiger partial charge in [0.2, 0.25) is 20.9 Å². The number of benzene rings is 3. The molecule has 0 spiro atoms. The first-order valence-corrected chi connectivity index (χ1v) is 11.8. The van der Waals surface area contributed by atoms with Crippen molar-refractivity contribution in [1.82, 2.24) is 9.97 Å². The lowest BCUT2D eigenvalue weighted by atomic mass is 10.0. The number of aromatic amines is 1. The van der Waals surface area contributed by atoms with Crippen molar-refractivity contribution in [1.29, 1.82) is 0 Å². The maximum atomic E-state index is 13.6. The van der Waals surface area contributed by atoms with Crippen LogP contribution in [0.15, 0.2) is 82.8 Å². The Hall–Kier alpha value is -4.11. The van der Waals surface area contributed by atoms with Gasteiger partial charge in [-0.1, -0.05) is 12.1 Å². The summed E-state index contributed by atoms with van der Waals surface area (Å²) in [5, 5.41) is 2.34. The predicted octanol–water partition coefficient (Wildman–Crippen LogP) is 4.55. The van der Waals surface area contributed by atoms with Gasteiger partial charge in [0.1, 0.15) is 11.5 Å². The summed E-state index contributed by atoms with van der Waals surface area (Å²) in [5.41, 5.74) is 2.62. The van der Waals surface area contributed by atoms with Crippen LogP contribution in [0.4, 0.5) is 5.69 Å². The molecule has 3 aromatic carbocycles. The van der Waals surface area contributed by atoms with E-state index in [1.165, 1.54) is 19.1 Å². The Balaban J connectivity index is 1.89. The number of ether oxygens (including phenoxy) is 2. The molecule has 1 amide bonds. The molecule has 4 rings (SSSR count). The number of hydrogen-bond acceptors (Lipinski definition) is 6. The highest BCUT2D eigenvalue weighted by atomic mass is 32.2. The molecule has 0 bridgehead atoms. The Morgan fingerprint density at radius 2 is 1.41 bits per heavy atom. The number of hydrogen-bond donors (Lipinski definition) is 2. The Bertz CT molecular complexity index is 1360. The number of para-hydroxylation sites is 1. The molecule has 9 heteroatoms. The van der Waals surface area contributed by atoms with Crippen LogP contribution in [0.3, 0.4) is 0 Å². The molecule has 0 atom stereocenters. The first-order chi connectivity index (χ1) is 16.3. The number of aromatic nitrogens is 2. The summed E-state index contributed by atoms with van der Waals surface area (Å²) in [6.45, 7) is 1.32. The topological polar surface area (TPSA) is 110 Å². The summed E-state index contributed by atoms with van der Waals surface area (Å²) < 4.78 is 37.6. The van der Waals surface area contributed by atoms with Crippen molar-refractivity contribution in [3.63, 3.8) is 0 Å². The zero-order valence-electron chi connectivity index (χ0n) is 18.8. The number of carbonyl (C=O) groups is 1. The first-order valence-electron chi connectivity index (χ1n) is 10.3. The SMILES string of the molecule is COc1ccc(-c2nc(S(=O)(=O)c3ccccc3NC(C)=O)[nH]c2-c2ccc(OC)cc2)cc1. The van der Waals surface area contributed by atoms with E-state index in [4.69, 9.17) is 9.47 Å². The normalized spacial score (nSPS) is 11.1. The molecule has 8 nitrogen and oxygen atoms in total. The van der Waals surface area contributed by atoms with Crippen molar-refractivity contribution in [2.75, 3.05) is 19.5 Å². The Morgan fingerprint density at radius 1 is 0.853 bits per heavy atom. The number of carbonyl (C=O) groups excluding carboxylic acids is 1. The lowest BCUT2D eigenvalue weighted by molar-refractivity contribution is -0.114. The molecule has 34 heavy (non-hydrogen) atoms. The van der Waals surface area contributed by atoms with E-state index >= 15 is 0 Å². The van der Waals surface area contributed by atoms with E-state index in [1.54, 1.807) is 50.6 Å². The van der Waals surface area contributed by atoms with E-state index in [0.717, 1.165) is 5.56 Å². The van der Waals surface area contributed by atoms with Crippen LogP contribution >= 0.6 is 0 Å². The molecule has 2 N–H and O–H groups in total. The lowest BCUT2D eigenvalue weighted by Crippen LogP contribution is -2.12. The molecule has 174 valence electrons. The van der Waals surface area contributed by atoms with Crippen LogP contribution in [0.2, 0.25) is 0 Å². The van der Waals surface area contributed by atoms with E-state index in [-0.39, 0.29) is 21.6 Å². The standard InChI is InChI=1S/C25H23N3O5S/c1-16(29)26-21-6-4-5-7-22(21)34(30,31)25-27-23(17-8-12-19(32-2)13-9-17)24(28-25)18-10-14-20(33-3)15-11-18/h4-15H,1-3H3,(H,26,29)(H,27,28). The zero-order valence-corrected chi connectivity index (χ0v) is 19.6. The average Bonchev–Trinajstić information content (AvgIpc) is 3.30. The first kappa shape index (κ1) is 23.1. The van der Waals surface area contributed by atoms with E-state index in [2.05, 4.69) is 15.3 Å². The molecular formula is C25H23N3O5S. The summed E-state index contributed by atoms with van der Waals surface area (Å²) in [5.74, 6) is 0.966. The van der Waals surface area contributed by atoms with Gasteiger partial charge in [0, 0.05) is 18.1 Å². The molecule has 4 aromatic rings. The minimum atomic E-state index is -4.09. The van der Waals surface area contributed by atoms with Crippen molar-refractivity contribution in [3.8, 4) is 34.0 Å². The van der Waals surface area contributed by atoms with Gasteiger partial charge in [0.05, 0.1) is 36.2 Å². The maximum Gasteiger partial charge on any atom is 0.241 e. The summed E-state index contributed by atoms with van der Waals surface area (Å²) in [4.78, 5) is 19.1. The number of anilines is 1. The van der Waals surface area contributed by atoms with Crippen molar-refractivity contribution in [2.45, 2.75) is 17.0 Å². The molecule has 0 saturated carbocycles. The van der Waals surface area contributed by atoms with Gasteiger partial charge in [-0.2, -0.15) is 0 Å². The molecule has 0 fully saturated rings. The van der Waals surface area contributed by atoms with Crippen LogP contribution in [0.5, 0.6) is 11.5 Å². The number of sulfone groups is 1. The third kappa shape index (κ3) is 4.51. The minimum Gasteiger partial charge on any atom is -0.497 e. The average molecular weight is 478 g/mol. The van der Waals surface area contributed by atoms with Gasteiger partial charge in [-0.15, -0.1) is 0 Å². The van der Waals surface area contributed by atoms with Crippen molar-refractivity contribution in [3.05, 3.63) is 72.8 Å². The Kier molecular flexibility index (Phi) is 6.38. The quantitative estimate of drug-likeness (QED) is 0.404. The monoisotopic (exact) mass is 477 g/mol. The van der Waals surface area contributed by atoms with E-state index in [9.17, 15) is 13.2 Å². The fourth-order valence-corrected chi connectivity index (χ4v) is 4.82. The number of nitrogens with one attached hydrogen (secondary N) is 2. The van der Waals surface area contributed by atoms with Crippen LogP contribution in [0.1, 0.15) is 6.92 Å². The lowest BCUT2D eigenvalue weighted by Gasteiger charge is -2.09. The number of nitrogens with zero attached hydrogens (tertiary/aromatic N) is 1. The summed E-state index contributed by atoms with van der Waals surface area (Å²) in [6, 6.07) is 20.6. The predicted molar refractivity (Wildman–Crippen MR) is 129 cm³/mol. The number of amides is 1. The number of H-pyrrole nitrogens is 1. The van der Waals surface area contributed by atoms with Gasteiger partial charge in [0.15, 0.2) is 0 Å². The molecule has 0 unspecified atom stereocenters. The molecule has 0 aliphatic heterocycles. The van der Waals surface area contributed by atoms with Crippen LogP contribution in [-0.4, -0.2) is 38.5 Å². The van der Waals surface area contributed by atoms with Crippen LogP contribution < -0.4 is 14.8 Å². The van der Waals surface area contributed by atoms with Crippen molar-refractivity contribution in [2.24, 2.45) is 0 Å². The summed E-state index contributed by atoms with van der Waals surface area (Å²) >= 11 is 0. The largest absolute Gasteiger partial charge is 0.497 e. The highest BCUT2D eigenvalue weighted by Crippen LogP contribution is 2.35. The van der Waals surface area contributed by atoms with Gasteiger partial charge >= 0.3 is 0 Å². The number of imidazole rings is 1. The minimum absolute atomic E-state index is 0.0542. The second-order valence-corrected chi connectivity index (χ2v) is 9.24. The third-order valence-electron chi connectivity index (χ3n) is 5.17. The van der Waals surface area contributed by atoms with Gasteiger partial charge in [-0.25, -0.2) is 13.4 Å². The van der Waals surface area contributed by atoms with Crippen LogP contribution in [-0.2, 0) is 14.6 Å². The number of methoxy groups -OCH3 is 2. The summed E-state index contributed by atoms with van der Waals surface area (Å²) in [7, 11) is -0.942. The van der Waals surface area contributed by atoms with Crippen molar-refractivity contribution < 1.29 is 22.7 Å². The Labute approximate surface area is 197 Å². The fourth-order valence-electron chi connectivity index (χ4n) is 3.50. The van der Waals surface area contributed by atoms with E-state index in [1.807, 2.05) is 24.3 Å². The second kappa shape index (κ2) is 9.40. The Morgan fingerprint density at radius 3 is 1.97 bits per heavy atom. The van der Waals surface area contributed by atoms with Crippen molar-refractivity contribution >= 4 is 21.4 Å². The second-order valence-electron chi connectivity index (χ2n) is 7.40. The number of rotatable bonds is 7. The van der Waals surface area contributed by atoms with Crippen LogP contribution in [0, 0.1) is 0 Å². The maximum absolute atomic E-state index is 13.6. The molecule has 0 radical (unpaired) electrons. The van der Waals surface area contributed by atoms with Gasteiger partial charge < -0.3 is 19.8 Å². The molecular weight excluding hydrogens is 454 g/mol. The van der Waals surface area contributed by atoms with Gasteiger partial charge in [0.25, 0.3) is 0 Å².